The van der Waals surface area contributed by atoms with Crippen LogP contribution in [0.15, 0.2) is 24.3 Å². The van der Waals surface area contributed by atoms with Gasteiger partial charge in [-0.1, -0.05) is 19.1 Å². The third-order valence-corrected chi connectivity index (χ3v) is 4.03. The number of thioether (sulfide) groups is 1. The van der Waals surface area contributed by atoms with Crippen LogP contribution >= 0.6 is 11.8 Å². The quantitative estimate of drug-likeness (QED) is 0.615. The Morgan fingerprint density at radius 1 is 1.29 bits per heavy atom. The van der Waals surface area contributed by atoms with Gasteiger partial charge in [-0.15, -0.1) is 0 Å². The number of aliphatic hydroxyl groups excluding tert-OH is 1. The van der Waals surface area contributed by atoms with Crippen molar-refractivity contribution in [2.75, 3.05) is 31.8 Å². The second-order valence-corrected chi connectivity index (χ2v) is 6.30. The normalized spacial score (nSPS) is 13.7. The second kappa shape index (κ2) is 10.8. The van der Waals surface area contributed by atoms with E-state index in [1.54, 1.807) is 7.11 Å². The number of nitrogens with one attached hydrogen (secondary N) is 1. The number of benzene rings is 1. The number of methoxy groups -OCH3 is 1. The number of hydrogen-bond donors (Lipinski definition) is 2. The molecule has 0 fully saturated rings. The highest BCUT2D eigenvalue weighted by Crippen LogP contribution is 2.25. The van der Waals surface area contributed by atoms with Crippen molar-refractivity contribution in [3.05, 3.63) is 24.3 Å². The molecule has 0 aromatic heterocycles. The van der Waals surface area contributed by atoms with E-state index < -0.39 is 6.10 Å². The van der Waals surface area contributed by atoms with Gasteiger partial charge in [0.2, 0.25) is 0 Å². The highest BCUT2D eigenvalue weighted by Gasteiger charge is 2.09. The predicted octanol–water partition coefficient (Wildman–Crippen LogP) is 2.56. The fourth-order valence-electron chi connectivity index (χ4n) is 1.83. The number of para-hydroxylation sites is 2. The lowest BCUT2D eigenvalue weighted by atomic mass is 10.2. The molecule has 0 aliphatic rings. The van der Waals surface area contributed by atoms with E-state index in [0.29, 0.717) is 24.1 Å². The van der Waals surface area contributed by atoms with E-state index in [1.807, 2.05) is 36.0 Å². The van der Waals surface area contributed by atoms with Crippen LogP contribution in [-0.4, -0.2) is 49.0 Å². The van der Waals surface area contributed by atoms with Gasteiger partial charge >= 0.3 is 0 Å². The maximum Gasteiger partial charge on any atom is 0.161 e. The molecule has 2 N–H and O–H groups in total. The van der Waals surface area contributed by atoms with E-state index in [1.165, 1.54) is 0 Å². The SMILES string of the molecule is CCSCCC(C)NCC(O)COc1ccccc1OC. The number of rotatable bonds is 11. The Kier molecular flexibility index (Phi) is 9.30. The standard InChI is InChI=1S/C16H27NO3S/c1-4-21-10-9-13(2)17-11-14(18)12-20-16-8-6-5-7-15(16)19-3/h5-8,13-14,17-18H,4,9-12H2,1-3H3. The predicted molar refractivity (Wildman–Crippen MR) is 89.6 cm³/mol. The van der Waals surface area contributed by atoms with Crippen molar-refractivity contribution < 1.29 is 14.6 Å². The number of hydrogen-bond acceptors (Lipinski definition) is 5. The molecule has 5 heteroatoms. The van der Waals surface area contributed by atoms with Crippen molar-refractivity contribution in [1.29, 1.82) is 0 Å². The summed E-state index contributed by atoms with van der Waals surface area (Å²) >= 11 is 1.94. The van der Waals surface area contributed by atoms with Crippen LogP contribution in [0.2, 0.25) is 0 Å². The van der Waals surface area contributed by atoms with Crippen molar-refractivity contribution in [3.8, 4) is 11.5 Å². The summed E-state index contributed by atoms with van der Waals surface area (Å²) in [7, 11) is 1.61. The Labute approximate surface area is 132 Å². The van der Waals surface area contributed by atoms with Crippen molar-refractivity contribution in [3.63, 3.8) is 0 Å². The van der Waals surface area contributed by atoms with Crippen LogP contribution in [0.5, 0.6) is 11.5 Å². The van der Waals surface area contributed by atoms with Crippen LogP contribution in [0.1, 0.15) is 20.3 Å². The molecule has 1 aromatic rings. The van der Waals surface area contributed by atoms with E-state index in [-0.39, 0.29) is 6.61 Å². The Hall–Kier alpha value is -0.910. The molecular formula is C16H27NO3S. The zero-order valence-corrected chi connectivity index (χ0v) is 14.0. The molecule has 0 saturated carbocycles. The van der Waals surface area contributed by atoms with Crippen LogP contribution in [-0.2, 0) is 0 Å². The third kappa shape index (κ3) is 7.60. The fraction of sp³-hybridized carbons (Fsp3) is 0.625. The average molecular weight is 313 g/mol. The maximum atomic E-state index is 9.96. The molecule has 0 saturated heterocycles. The molecule has 0 spiro atoms. The first-order valence-electron chi connectivity index (χ1n) is 7.42. The zero-order valence-electron chi connectivity index (χ0n) is 13.2. The van der Waals surface area contributed by atoms with Gasteiger partial charge in [-0.2, -0.15) is 11.8 Å². The molecule has 1 rings (SSSR count). The third-order valence-electron chi connectivity index (χ3n) is 3.10. The smallest absolute Gasteiger partial charge is 0.161 e. The van der Waals surface area contributed by atoms with Crippen molar-refractivity contribution in [1.82, 2.24) is 5.32 Å². The maximum absolute atomic E-state index is 9.96. The van der Waals surface area contributed by atoms with Crippen molar-refractivity contribution in [2.45, 2.75) is 32.4 Å². The van der Waals surface area contributed by atoms with E-state index in [9.17, 15) is 5.11 Å². The minimum atomic E-state index is -0.531. The molecule has 0 bridgehead atoms. The molecular weight excluding hydrogens is 286 g/mol. The van der Waals surface area contributed by atoms with E-state index in [0.717, 1.165) is 17.9 Å². The molecule has 0 radical (unpaired) electrons. The van der Waals surface area contributed by atoms with Gasteiger partial charge < -0.3 is 19.9 Å². The molecule has 2 atom stereocenters. The first kappa shape index (κ1) is 18.1. The lowest BCUT2D eigenvalue weighted by molar-refractivity contribution is 0.102. The van der Waals surface area contributed by atoms with Crippen LogP contribution in [0.3, 0.4) is 0 Å². The second-order valence-electron chi connectivity index (χ2n) is 4.91. The summed E-state index contributed by atoms with van der Waals surface area (Å²) in [6.45, 7) is 5.10. The van der Waals surface area contributed by atoms with E-state index in [4.69, 9.17) is 9.47 Å². The fourth-order valence-corrected chi connectivity index (χ4v) is 2.64. The highest BCUT2D eigenvalue weighted by molar-refractivity contribution is 7.99. The first-order valence-corrected chi connectivity index (χ1v) is 8.57. The zero-order chi connectivity index (χ0) is 15.5. The molecule has 1 aromatic carbocycles. The lowest BCUT2D eigenvalue weighted by Gasteiger charge is -2.18. The highest BCUT2D eigenvalue weighted by atomic mass is 32.2. The number of ether oxygens (including phenoxy) is 2. The van der Waals surface area contributed by atoms with Crippen molar-refractivity contribution in [2.24, 2.45) is 0 Å². The summed E-state index contributed by atoms with van der Waals surface area (Å²) in [6.07, 6.45) is 0.578. The summed E-state index contributed by atoms with van der Waals surface area (Å²) in [4.78, 5) is 0. The monoisotopic (exact) mass is 313 g/mol. The van der Waals surface area contributed by atoms with Gasteiger partial charge in [0, 0.05) is 12.6 Å². The minimum absolute atomic E-state index is 0.254. The van der Waals surface area contributed by atoms with Crippen LogP contribution in [0.25, 0.3) is 0 Å². The summed E-state index contributed by atoms with van der Waals surface area (Å²) < 4.78 is 10.8. The first-order chi connectivity index (χ1) is 10.2. The average Bonchev–Trinajstić information content (AvgIpc) is 2.51. The van der Waals surface area contributed by atoms with Gasteiger partial charge in [0.1, 0.15) is 12.7 Å². The van der Waals surface area contributed by atoms with Gasteiger partial charge in [-0.25, -0.2) is 0 Å². The van der Waals surface area contributed by atoms with E-state index in [2.05, 4.69) is 19.2 Å². The summed E-state index contributed by atoms with van der Waals surface area (Å²) in [6, 6.07) is 7.86. The lowest BCUT2D eigenvalue weighted by Crippen LogP contribution is -2.36. The largest absolute Gasteiger partial charge is 0.493 e. The molecule has 0 amide bonds. The Morgan fingerprint density at radius 3 is 2.67 bits per heavy atom. The van der Waals surface area contributed by atoms with Crippen LogP contribution in [0, 0.1) is 0 Å². The van der Waals surface area contributed by atoms with Gasteiger partial charge in [0.05, 0.1) is 7.11 Å². The van der Waals surface area contributed by atoms with E-state index >= 15 is 0 Å². The molecule has 4 nitrogen and oxygen atoms in total. The Bertz CT molecular complexity index is 390. The van der Waals surface area contributed by atoms with Gasteiger partial charge in [-0.3, -0.25) is 0 Å². The van der Waals surface area contributed by atoms with Gasteiger partial charge in [0.25, 0.3) is 0 Å². The summed E-state index contributed by atoms with van der Waals surface area (Å²) in [5, 5.41) is 13.3. The Balaban J connectivity index is 2.23. The summed E-state index contributed by atoms with van der Waals surface area (Å²) in [5.74, 6) is 3.65. The summed E-state index contributed by atoms with van der Waals surface area (Å²) in [5.41, 5.74) is 0. The molecule has 0 aliphatic heterocycles. The number of aliphatic hydroxyl groups is 1. The van der Waals surface area contributed by atoms with Crippen LogP contribution in [0.4, 0.5) is 0 Å². The minimum Gasteiger partial charge on any atom is -0.493 e. The van der Waals surface area contributed by atoms with Gasteiger partial charge in [-0.05, 0) is 37.0 Å². The van der Waals surface area contributed by atoms with Crippen molar-refractivity contribution >= 4 is 11.8 Å². The topological polar surface area (TPSA) is 50.7 Å². The molecule has 0 heterocycles. The molecule has 120 valence electrons. The Morgan fingerprint density at radius 2 is 2.00 bits per heavy atom. The molecule has 21 heavy (non-hydrogen) atoms. The van der Waals surface area contributed by atoms with Crippen LogP contribution < -0.4 is 14.8 Å². The van der Waals surface area contributed by atoms with Gasteiger partial charge in [0.15, 0.2) is 11.5 Å². The molecule has 2 unspecified atom stereocenters. The molecule has 0 aliphatic carbocycles.